The second-order valence-corrected chi connectivity index (χ2v) is 10.6. The van der Waals surface area contributed by atoms with Gasteiger partial charge in [-0.15, -0.1) is 0 Å². The maximum atomic E-state index is 12.2. The SMILES string of the molecule is CN(CCCNC(=O)Nc1ccc(C(C)(C)C)cc1)C[C@H]1O[C@@H](n2ccc3c(N)ncnc32)C(O)[C@@H]1O. The number of benzene rings is 1. The highest BCUT2D eigenvalue weighted by Crippen LogP contribution is 2.33. The number of rotatable bonds is 8. The van der Waals surface area contributed by atoms with Gasteiger partial charge >= 0.3 is 6.03 Å². The smallest absolute Gasteiger partial charge is 0.319 e. The van der Waals surface area contributed by atoms with E-state index in [4.69, 9.17) is 10.5 Å². The van der Waals surface area contributed by atoms with E-state index in [9.17, 15) is 15.0 Å². The molecule has 6 N–H and O–H groups in total. The highest BCUT2D eigenvalue weighted by Gasteiger charge is 2.44. The summed E-state index contributed by atoms with van der Waals surface area (Å²) < 4.78 is 7.70. The van der Waals surface area contributed by atoms with Gasteiger partial charge in [0.05, 0.1) is 5.39 Å². The molecule has 3 aromatic rings. The van der Waals surface area contributed by atoms with E-state index in [2.05, 4.69) is 41.4 Å². The predicted molar refractivity (Wildman–Crippen MR) is 142 cm³/mol. The van der Waals surface area contributed by atoms with Crippen LogP contribution >= 0.6 is 0 Å². The molecular weight excluding hydrogens is 474 g/mol. The Balaban J connectivity index is 1.21. The lowest BCUT2D eigenvalue weighted by Gasteiger charge is -2.23. The lowest BCUT2D eigenvalue weighted by atomic mass is 9.87. The quantitative estimate of drug-likeness (QED) is 0.288. The number of anilines is 2. The summed E-state index contributed by atoms with van der Waals surface area (Å²) in [4.78, 5) is 22.4. The third-order valence-electron chi connectivity index (χ3n) is 6.65. The van der Waals surface area contributed by atoms with E-state index in [0.29, 0.717) is 42.9 Å². The minimum absolute atomic E-state index is 0.0610. The van der Waals surface area contributed by atoms with Crippen LogP contribution in [0, 0.1) is 0 Å². The number of ether oxygens (including phenoxy) is 1. The number of hydrogen-bond donors (Lipinski definition) is 5. The van der Waals surface area contributed by atoms with E-state index < -0.39 is 24.5 Å². The first-order chi connectivity index (χ1) is 17.5. The topological polar surface area (TPSA) is 151 Å². The van der Waals surface area contributed by atoms with Crippen molar-refractivity contribution in [2.75, 3.05) is 37.7 Å². The molecule has 1 fully saturated rings. The second kappa shape index (κ2) is 11.0. The van der Waals surface area contributed by atoms with Crippen LogP contribution < -0.4 is 16.4 Å². The molecule has 3 heterocycles. The summed E-state index contributed by atoms with van der Waals surface area (Å²) in [5, 5.41) is 27.6. The number of nitrogens with zero attached hydrogens (tertiary/aromatic N) is 4. The highest BCUT2D eigenvalue weighted by atomic mass is 16.6. The molecule has 2 aromatic heterocycles. The lowest BCUT2D eigenvalue weighted by Crippen LogP contribution is -2.39. The third-order valence-corrected chi connectivity index (χ3v) is 6.65. The number of aromatic nitrogens is 3. The summed E-state index contributed by atoms with van der Waals surface area (Å²) in [6.07, 6.45) is 0.231. The number of amides is 2. The van der Waals surface area contributed by atoms with Crippen molar-refractivity contribution < 1.29 is 19.7 Å². The largest absolute Gasteiger partial charge is 0.387 e. The van der Waals surface area contributed by atoms with Crippen molar-refractivity contribution in [3.05, 3.63) is 48.4 Å². The first-order valence-electron chi connectivity index (χ1n) is 12.5. The first-order valence-corrected chi connectivity index (χ1v) is 12.5. The van der Waals surface area contributed by atoms with E-state index in [1.165, 1.54) is 11.9 Å². The molecule has 200 valence electrons. The van der Waals surface area contributed by atoms with Gasteiger partial charge in [-0.25, -0.2) is 14.8 Å². The number of hydrogen-bond acceptors (Lipinski definition) is 8. The van der Waals surface area contributed by atoms with Crippen LogP contribution in [0.2, 0.25) is 0 Å². The van der Waals surface area contributed by atoms with E-state index >= 15 is 0 Å². The van der Waals surface area contributed by atoms with Gasteiger partial charge in [0.15, 0.2) is 6.23 Å². The number of nitrogen functional groups attached to an aromatic ring is 1. The fourth-order valence-corrected chi connectivity index (χ4v) is 4.48. The van der Waals surface area contributed by atoms with Crippen molar-refractivity contribution in [1.29, 1.82) is 0 Å². The summed E-state index contributed by atoms with van der Waals surface area (Å²) in [6.45, 7) is 8.02. The minimum atomic E-state index is -1.12. The fraction of sp³-hybridized carbons (Fsp3) is 0.500. The summed E-state index contributed by atoms with van der Waals surface area (Å²) in [6, 6.07) is 9.36. The number of fused-ring (bicyclic) bond motifs is 1. The Morgan fingerprint density at radius 1 is 1.16 bits per heavy atom. The molecule has 4 rings (SSSR count). The van der Waals surface area contributed by atoms with Crippen LogP contribution in [0.4, 0.5) is 16.3 Å². The monoisotopic (exact) mass is 511 g/mol. The maximum Gasteiger partial charge on any atom is 0.319 e. The Morgan fingerprint density at radius 2 is 1.89 bits per heavy atom. The molecule has 0 radical (unpaired) electrons. The molecule has 1 aromatic carbocycles. The normalized spacial score (nSPS) is 22.0. The minimum Gasteiger partial charge on any atom is -0.387 e. The number of nitrogens with one attached hydrogen (secondary N) is 2. The zero-order valence-electron chi connectivity index (χ0n) is 21.8. The van der Waals surface area contributed by atoms with Crippen LogP contribution in [0.1, 0.15) is 39.0 Å². The van der Waals surface area contributed by atoms with Gasteiger partial charge in [-0.05, 0) is 49.2 Å². The summed E-state index contributed by atoms with van der Waals surface area (Å²) in [7, 11) is 1.91. The molecule has 37 heavy (non-hydrogen) atoms. The van der Waals surface area contributed by atoms with Crippen LogP contribution in [-0.4, -0.2) is 80.7 Å². The van der Waals surface area contributed by atoms with Crippen molar-refractivity contribution in [3.8, 4) is 0 Å². The maximum absolute atomic E-state index is 12.2. The van der Waals surface area contributed by atoms with Crippen LogP contribution in [0.3, 0.4) is 0 Å². The molecule has 11 nitrogen and oxygen atoms in total. The molecule has 11 heteroatoms. The third kappa shape index (κ3) is 6.19. The van der Waals surface area contributed by atoms with E-state index in [1.54, 1.807) is 16.8 Å². The fourth-order valence-electron chi connectivity index (χ4n) is 4.48. The molecule has 0 bridgehead atoms. The van der Waals surface area contributed by atoms with Crippen molar-refractivity contribution in [2.24, 2.45) is 0 Å². The highest BCUT2D eigenvalue weighted by molar-refractivity contribution is 5.89. The van der Waals surface area contributed by atoms with Crippen molar-refractivity contribution in [3.63, 3.8) is 0 Å². The van der Waals surface area contributed by atoms with Gasteiger partial charge in [0, 0.05) is 25.0 Å². The van der Waals surface area contributed by atoms with Crippen LogP contribution in [0.15, 0.2) is 42.9 Å². The Morgan fingerprint density at radius 3 is 2.59 bits per heavy atom. The Kier molecular flexibility index (Phi) is 7.98. The van der Waals surface area contributed by atoms with Gasteiger partial charge in [-0.1, -0.05) is 32.9 Å². The van der Waals surface area contributed by atoms with Crippen molar-refractivity contribution in [1.82, 2.24) is 24.8 Å². The van der Waals surface area contributed by atoms with Gasteiger partial charge in [0.1, 0.15) is 36.1 Å². The summed E-state index contributed by atoms with van der Waals surface area (Å²) in [5.41, 5.74) is 8.45. The van der Waals surface area contributed by atoms with Gasteiger partial charge in [-0.3, -0.25) is 0 Å². The van der Waals surface area contributed by atoms with Crippen LogP contribution in [0.25, 0.3) is 11.0 Å². The Hall–Kier alpha value is -3.25. The zero-order valence-corrected chi connectivity index (χ0v) is 21.8. The number of carbonyl (C=O) groups excluding carboxylic acids is 1. The standard InChI is InChI=1S/C26H37N7O4/c1-26(2,3)16-6-8-17(9-7-16)31-25(36)28-11-5-12-32(4)14-19-20(34)21(35)24(37-19)33-13-10-18-22(27)29-15-30-23(18)33/h6-10,13,15,19-21,24,34-35H,5,11-12,14H2,1-4H3,(H2,27,29,30)(H2,28,31,36)/t19-,20-,21?,24-/m1/s1. The Bertz CT molecular complexity index is 1210. The molecule has 0 aliphatic carbocycles. The van der Waals surface area contributed by atoms with E-state index in [0.717, 1.165) is 5.69 Å². The predicted octanol–water partition coefficient (Wildman–Crippen LogP) is 2.07. The molecule has 2 amide bonds. The van der Waals surface area contributed by atoms with Crippen molar-refractivity contribution in [2.45, 2.75) is 57.1 Å². The van der Waals surface area contributed by atoms with Crippen LogP contribution in [-0.2, 0) is 10.2 Å². The second-order valence-electron chi connectivity index (χ2n) is 10.6. The van der Waals surface area contributed by atoms with E-state index in [1.807, 2.05) is 36.2 Å². The zero-order chi connectivity index (χ0) is 26.7. The first kappa shape index (κ1) is 26.8. The number of aliphatic hydroxyl groups excluding tert-OH is 2. The Labute approximate surface area is 216 Å². The summed E-state index contributed by atoms with van der Waals surface area (Å²) in [5.74, 6) is 0.341. The summed E-state index contributed by atoms with van der Waals surface area (Å²) >= 11 is 0. The number of nitrogens with two attached hydrogens (primary N) is 1. The van der Waals surface area contributed by atoms with E-state index in [-0.39, 0.29) is 11.4 Å². The van der Waals surface area contributed by atoms with Gasteiger partial charge in [0.25, 0.3) is 0 Å². The van der Waals surface area contributed by atoms with Gasteiger partial charge < -0.3 is 40.8 Å². The number of urea groups is 1. The molecule has 1 aliphatic heterocycles. The van der Waals surface area contributed by atoms with Gasteiger partial charge in [0.2, 0.25) is 0 Å². The molecule has 0 saturated carbocycles. The lowest BCUT2D eigenvalue weighted by molar-refractivity contribution is -0.0419. The molecule has 1 aliphatic rings. The van der Waals surface area contributed by atoms with Crippen molar-refractivity contribution >= 4 is 28.6 Å². The number of likely N-dealkylation sites (N-methyl/N-ethyl adjacent to an activating group) is 1. The van der Waals surface area contributed by atoms with Crippen LogP contribution in [0.5, 0.6) is 0 Å². The molecule has 0 spiro atoms. The number of carbonyl (C=O) groups is 1. The number of aliphatic hydroxyl groups is 2. The average Bonchev–Trinajstić information content (AvgIpc) is 3.39. The average molecular weight is 512 g/mol. The molecule has 1 saturated heterocycles. The molecule has 1 unspecified atom stereocenters. The molecular formula is C26H37N7O4. The van der Waals surface area contributed by atoms with Gasteiger partial charge in [-0.2, -0.15) is 0 Å². The molecule has 4 atom stereocenters.